The average Bonchev–Trinajstić information content (AvgIpc) is 2.70. The highest BCUT2D eigenvalue weighted by Gasteiger charge is 2.12. The molecule has 0 aliphatic carbocycles. The summed E-state index contributed by atoms with van der Waals surface area (Å²) in [6.07, 6.45) is 0. The van der Waals surface area contributed by atoms with Crippen LogP contribution in [0.25, 0.3) is 10.9 Å². The fraction of sp³-hybridized carbons (Fsp3) is 0.167. The van der Waals surface area contributed by atoms with E-state index in [1.165, 1.54) is 14.0 Å². The van der Waals surface area contributed by atoms with Gasteiger partial charge in [-0.3, -0.25) is 4.79 Å². The first-order chi connectivity index (χ1) is 7.63. The van der Waals surface area contributed by atoms with E-state index in [1.54, 1.807) is 18.2 Å². The van der Waals surface area contributed by atoms with Gasteiger partial charge in [0.1, 0.15) is 5.69 Å². The maximum atomic E-state index is 11.4. The Labute approximate surface area is 92.2 Å². The molecule has 1 aromatic heterocycles. The number of methoxy groups -OCH3 is 1. The maximum Gasteiger partial charge on any atom is 0.354 e. The SMILES string of the molecule is COC(=O)c1cc2c(C(C)=O)cccc2[nH]1. The number of fused-ring (bicyclic) bond motifs is 1. The van der Waals surface area contributed by atoms with Crippen LogP contribution in [-0.4, -0.2) is 23.8 Å². The average molecular weight is 217 g/mol. The van der Waals surface area contributed by atoms with E-state index in [9.17, 15) is 9.59 Å². The van der Waals surface area contributed by atoms with E-state index in [0.717, 1.165) is 10.9 Å². The standard InChI is InChI=1S/C12H11NO3/c1-7(14)8-4-3-5-10-9(8)6-11(13-10)12(15)16-2/h3-6,13H,1-2H3. The number of rotatable bonds is 2. The number of esters is 1. The molecular weight excluding hydrogens is 206 g/mol. The molecule has 2 rings (SSSR count). The molecule has 4 heteroatoms. The predicted octanol–water partition coefficient (Wildman–Crippen LogP) is 2.16. The highest BCUT2D eigenvalue weighted by molar-refractivity contribution is 6.08. The molecule has 0 radical (unpaired) electrons. The number of nitrogens with one attached hydrogen (secondary N) is 1. The molecule has 4 nitrogen and oxygen atoms in total. The van der Waals surface area contributed by atoms with Gasteiger partial charge in [-0.2, -0.15) is 0 Å². The highest BCUT2D eigenvalue weighted by Crippen LogP contribution is 2.20. The number of hydrogen-bond acceptors (Lipinski definition) is 3. The Morgan fingerprint density at radius 2 is 2.06 bits per heavy atom. The molecule has 0 saturated carbocycles. The summed E-state index contributed by atoms with van der Waals surface area (Å²) in [6.45, 7) is 1.50. The van der Waals surface area contributed by atoms with E-state index in [4.69, 9.17) is 0 Å². The Kier molecular flexibility index (Phi) is 2.48. The number of Topliss-reactive ketones (excluding diaryl/α,β-unsaturated/α-hetero) is 1. The van der Waals surface area contributed by atoms with Gasteiger partial charge in [0.15, 0.2) is 5.78 Å². The normalized spacial score (nSPS) is 10.4. The smallest absolute Gasteiger partial charge is 0.354 e. The molecule has 2 aromatic rings. The van der Waals surface area contributed by atoms with Crippen LogP contribution in [0.4, 0.5) is 0 Å². The third-order valence-corrected chi connectivity index (χ3v) is 2.45. The first kappa shape index (κ1) is 10.4. The fourth-order valence-corrected chi connectivity index (χ4v) is 1.68. The Hall–Kier alpha value is -2.10. The van der Waals surface area contributed by atoms with Crippen LogP contribution >= 0.6 is 0 Å². The van der Waals surface area contributed by atoms with Crippen LogP contribution in [0, 0.1) is 0 Å². The van der Waals surface area contributed by atoms with Gasteiger partial charge in [-0.15, -0.1) is 0 Å². The largest absolute Gasteiger partial charge is 0.464 e. The number of aromatic nitrogens is 1. The van der Waals surface area contributed by atoms with Crippen LogP contribution in [-0.2, 0) is 4.74 Å². The highest BCUT2D eigenvalue weighted by atomic mass is 16.5. The second-order valence-corrected chi connectivity index (χ2v) is 3.50. The van der Waals surface area contributed by atoms with Crippen molar-refractivity contribution in [3.63, 3.8) is 0 Å². The van der Waals surface area contributed by atoms with Crippen molar-refractivity contribution >= 4 is 22.7 Å². The van der Waals surface area contributed by atoms with Crippen molar-refractivity contribution in [3.05, 3.63) is 35.5 Å². The van der Waals surface area contributed by atoms with Crippen molar-refractivity contribution in [2.75, 3.05) is 7.11 Å². The summed E-state index contributed by atoms with van der Waals surface area (Å²) in [5.41, 5.74) is 1.71. The number of aromatic amines is 1. The summed E-state index contributed by atoms with van der Waals surface area (Å²) in [5, 5.41) is 0.746. The summed E-state index contributed by atoms with van der Waals surface area (Å²) in [7, 11) is 1.32. The minimum absolute atomic E-state index is 0.0268. The lowest BCUT2D eigenvalue weighted by atomic mass is 10.1. The minimum atomic E-state index is -0.439. The first-order valence-electron chi connectivity index (χ1n) is 4.84. The lowest BCUT2D eigenvalue weighted by molar-refractivity contribution is 0.0595. The zero-order valence-corrected chi connectivity index (χ0v) is 9.03. The molecule has 0 unspecified atom stereocenters. The lowest BCUT2D eigenvalue weighted by Gasteiger charge is -1.96. The van der Waals surface area contributed by atoms with Gasteiger partial charge >= 0.3 is 5.97 Å². The fourth-order valence-electron chi connectivity index (χ4n) is 1.68. The van der Waals surface area contributed by atoms with Crippen molar-refractivity contribution in [2.45, 2.75) is 6.92 Å². The summed E-state index contributed by atoms with van der Waals surface area (Å²) in [4.78, 5) is 25.6. The zero-order chi connectivity index (χ0) is 11.7. The lowest BCUT2D eigenvalue weighted by Crippen LogP contribution is -2.00. The Bertz CT molecular complexity index is 569. The molecule has 0 aliphatic rings. The molecule has 16 heavy (non-hydrogen) atoms. The molecule has 0 fully saturated rings. The summed E-state index contributed by atoms with van der Waals surface area (Å²) in [6, 6.07) is 6.96. The van der Waals surface area contributed by atoms with E-state index in [2.05, 4.69) is 9.72 Å². The maximum absolute atomic E-state index is 11.4. The number of ketones is 1. The first-order valence-corrected chi connectivity index (χ1v) is 4.84. The van der Waals surface area contributed by atoms with Gasteiger partial charge in [-0.1, -0.05) is 12.1 Å². The van der Waals surface area contributed by atoms with E-state index < -0.39 is 5.97 Å². The van der Waals surface area contributed by atoms with E-state index in [-0.39, 0.29) is 5.78 Å². The van der Waals surface area contributed by atoms with Crippen molar-refractivity contribution in [1.29, 1.82) is 0 Å². The summed E-state index contributed by atoms with van der Waals surface area (Å²) >= 11 is 0. The molecule has 82 valence electrons. The molecule has 0 aliphatic heterocycles. The van der Waals surface area contributed by atoms with Crippen LogP contribution in [0.2, 0.25) is 0 Å². The Morgan fingerprint density at radius 1 is 1.31 bits per heavy atom. The predicted molar refractivity (Wildman–Crippen MR) is 59.6 cm³/mol. The Morgan fingerprint density at radius 3 is 2.69 bits per heavy atom. The van der Waals surface area contributed by atoms with Gasteiger partial charge in [0.05, 0.1) is 7.11 Å². The second-order valence-electron chi connectivity index (χ2n) is 3.50. The quantitative estimate of drug-likeness (QED) is 0.619. The van der Waals surface area contributed by atoms with Crippen molar-refractivity contribution in [1.82, 2.24) is 4.98 Å². The number of benzene rings is 1. The molecule has 0 amide bonds. The van der Waals surface area contributed by atoms with Gasteiger partial charge in [0, 0.05) is 16.5 Å². The molecule has 1 heterocycles. The van der Waals surface area contributed by atoms with Crippen LogP contribution in [0.5, 0.6) is 0 Å². The molecule has 1 N–H and O–H groups in total. The van der Waals surface area contributed by atoms with Gasteiger partial charge < -0.3 is 9.72 Å². The monoisotopic (exact) mass is 217 g/mol. The van der Waals surface area contributed by atoms with Gasteiger partial charge in [-0.05, 0) is 19.1 Å². The third kappa shape index (κ3) is 1.58. The second kappa shape index (κ2) is 3.81. The van der Waals surface area contributed by atoms with Crippen LogP contribution in [0.3, 0.4) is 0 Å². The van der Waals surface area contributed by atoms with E-state index >= 15 is 0 Å². The van der Waals surface area contributed by atoms with Gasteiger partial charge in [0.25, 0.3) is 0 Å². The Balaban J connectivity index is 2.65. The number of ether oxygens (including phenoxy) is 1. The summed E-state index contributed by atoms with van der Waals surface area (Å²) < 4.78 is 4.61. The van der Waals surface area contributed by atoms with Crippen molar-refractivity contribution < 1.29 is 14.3 Å². The molecule has 1 aromatic carbocycles. The zero-order valence-electron chi connectivity index (χ0n) is 9.03. The summed E-state index contributed by atoms with van der Waals surface area (Å²) in [5.74, 6) is -0.466. The number of carbonyl (C=O) groups is 2. The van der Waals surface area contributed by atoms with Crippen LogP contribution in [0.15, 0.2) is 24.3 Å². The minimum Gasteiger partial charge on any atom is -0.464 e. The van der Waals surface area contributed by atoms with Gasteiger partial charge in [0.2, 0.25) is 0 Å². The van der Waals surface area contributed by atoms with Crippen molar-refractivity contribution in [2.24, 2.45) is 0 Å². The topological polar surface area (TPSA) is 59.2 Å². The molecule has 0 saturated heterocycles. The molecule has 0 spiro atoms. The van der Waals surface area contributed by atoms with Crippen LogP contribution in [0.1, 0.15) is 27.8 Å². The van der Waals surface area contributed by atoms with E-state index in [1.807, 2.05) is 6.07 Å². The van der Waals surface area contributed by atoms with E-state index in [0.29, 0.717) is 11.3 Å². The molecular formula is C12H11NO3. The van der Waals surface area contributed by atoms with Crippen LogP contribution < -0.4 is 0 Å². The van der Waals surface area contributed by atoms with Crippen molar-refractivity contribution in [3.8, 4) is 0 Å². The molecule has 0 atom stereocenters. The number of hydrogen-bond donors (Lipinski definition) is 1. The number of carbonyl (C=O) groups excluding carboxylic acids is 2. The number of H-pyrrole nitrogens is 1. The molecule has 0 bridgehead atoms. The third-order valence-electron chi connectivity index (χ3n) is 2.45. The van der Waals surface area contributed by atoms with Gasteiger partial charge in [-0.25, -0.2) is 4.79 Å².